The molecule has 0 bridgehead atoms. The largest absolute Gasteiger partial charge is 0.398 e. The van der Waals surface area contributed by atoms with Gasteiger partial charge in [0.05, 0.1) is 5.69 Å². The molecule has 1 aromatic carbocycles. The Balaban J connectivity index is 2.13. The van der Waals surface area contributed by atoms with E-state index in [1.807, 2.05) is 0 Å². The summed E-state index contributed by atoms with van der Waals surface area (Å²) in [5.74, 6) is 0.592. The molecule has 1 saturated heterocycles. The normalized spacial score (nSPS) is 18.3. The fourth-order valence-corrected chi connectivity index (χ4v) is 4.62. The third kappa shape index (κ3) is 3.97. The van der Waals surface area contributed by atoms with Crippen LogP contribution in [0.3, 0.4) is 0 Å². The van der Waals surface area contributed by atoms with Gasteiger partial charge in [-0.15, -0.1) is 0 Å². The van der Waals surface area contributed by atoms with E-state index in [9.17, 15) is 8.42 Å². The molecule has 2 N–H and O–H groups in total. The van der Waals surface area contributed by atoms with Crippen molar-refractivity contribution in [1.29, 1.82) is 0 Å². The molecule has 1 aromatic rings. The fraction of sp³-hybridized carbons (Fsp3) is 0.571. The Labute approximate surface area is 135 Å². The van der Waals surface area contributed by atoms with Gasteiger partial charge in [-0.3, -0.25) is 0 Å². The van der Waals surface area contributed by atoms with Crippen molar-refractivity contribution < 1.29 is 8.42 Å². The van der Waals surface area contributed by atoms with E-state index in [1.165, 1.54) is 4.31 Å². The van der Waals surface area contributed by atoms with Gasteiger partial charge < -0.3 is 10.6 Å². The van der Waals surface area contributed by atoms with E-state index in [1.54, 1.807) is 18.2 Å². The highest BCUT2D eigenvalue weighted by molar-refractivity contribution is 9.10. The molecule has 21 heavy (non-hydrogen) atoms. The molecule has 0 amide bonds. The first-order valence-electron chi connectivity index (χ1n) is 7.08. The molecule has 0 spiro atoms. The maximum Gasteiger partial charge on any atom is 0.245 e. The summed E-state index contributed by atoms with van der Waals surface area (Å²) in [6, 6.07) is 4.94. The van der Waals surface area contributed by atoms with Crippen molar-refractivity contribution in [1.82, 2.24) is 9.21 Å². The lowest BCUT2D eigenvalue weighted by Gasteiger charge is -2.34. The Hall–Kier alpha value is -0.630. The van der Waals surface area contributed by atoms with Crippen molar-refractivity contribution in [3.05, 3.63) is 22.7 Å². The van der Waals surface area contributed by atoms with Crippen molar-refractivity contribution >= 4 is 31.6 Å². The Bertz CT molecular complexity index is 596. The summed E-state index contributed by atoms with van der Waals surface area (Å²) in [5.41, 5.74) is 6.13. The van der Waals surface area contributed by atoms with Crippen LogP contribution in [0.15, 0.2) is 27.6 Å². The number of nitrogens with two attached hydrogens (primary N) is 1. The highest BCUT2D eigenvalue weighted by atomic mass is 79.9. The zero-order valence-corrected chi connectivity index (χ0v) is 14.8. The SMILES string of the molecule is CC(C)CN1CCN(S(=O)(=O)c2cc(Br)ccc2N)CC1. The van der Waals surface area contributed by atoms with Gasteiger partial charge in [-0.05, 0) is 24.1 Å². The zero-order chi connectivity index (χ0) is 15.6. The molecule has 0 atom stereocenters. The Morgan fingerprint density at radius 2 is 1.86 bits per heavy atom. The summed E-state index contributed by atoms with van der Waals surface area (Å²) in [7, 11) is -3.52. The lowest BCUT2D eigenvalue weighted by Crippen LogP contribution is -2.49. The van der Waals surface area contributed by atoms with Crippen LogP contribution in [-0.2, 0) is 10.0 Å². The smallest absolute Gasteiger partial charge is 0.245 e. The number of nitrogens with zero attached hydrogens (tertiary/aromatic N) is 2. The van der Waals surface area contributed by atoms with Crippen LogP contribution in [0.4, 0.5) is 5.69 Å². The maximum atomic E-state index is 12.7. The predicted octanol–water partition coefficient (Wildman–Crippen LogP) is 1.99. The van der Waals surface area contributed by atoms with Crippen LogP contribution in [0, 0.1) is 5.92 Å². The Morgan fingerprint density at radius 1 is 1.24 bits per heavy atom. The first-order valence-corrected chi connectivity index (χ1v) is 9.31. The minimum Gasteiger partial charge on any atom is -0.398 e. The number of anilines is 1. The minimum absolute atomic E-state index is 0.189. The van der Waals surface area contributed by atoms with Crippen molar-refractivity contribution in [2.75, 3.05) is 38.5 Å². The molecular weight excluding hydrogens is 354 g/mol. The van der Waals surface area contributed by atoms with E-state index in [0.29, 0.717) is 29.2 Å². The van der Waals surface area contributed by atoms with Gasteiger partial charge >= 0.3 is 0 Å². The summed E-state index contributed by atoms with van der Waals surface area (Å²) in [6.45, 7) is 7.92. The third-order valence-corrected chi connectivity index (χ3v) is 6.00. The molecule has 1 aliphatic rings. The molecule has 0 aliphatic carbocycles. The number of rotatable bonds is 4. The molecular formula is C14H22BrN3O2S. The standard InChI is InChI=1S/C14H22BrN3O2S/c1-11(2)10-17-5-7-18(8-6-17)21(19,20)14-9-12(15)3-4-13(14)16/h3-4,9,11H,5-8,10,16H2,1-2H3. The lowest BCUT2D eigenvalue weighted by molar-refractivity contribution is 0.172. The lowest BCUT2D eigenvalue weighted by atomic mass is 10.2. The van der Waals surface area contributed by atoms with Gasteiger partial charge in [0.25, 0.3) is 0 Å². The highest BCUT2D eigenvalue weighted by Gasteiger charge is 2.30. The molecule has 0 unspecified atom stereocenters. The summed E-state index contributed by atoms with van der Waals surface area (Å²) in [5, 5.41) is 0. The van der Waals surface area contributed by atoms with Crippen LogP contribution in [0.1, 0.15) is 13.8 Å². The molecule has 1 heterocycles. The number of benzene rings is 1. The van der Waals surface area contributed by atoms with E-state index >= 15 is 0 Å². The van der Waals surface area contributed by atoms with Gasteiger partial charge in [-0.1, -0.05) is 29.8 Å². The van der Waals surface area contributed by atoms with E-state index in [0.717, 1.165) is 19.6 Å². The van der Waals surface area contributed by atoms with Crippen molar-refractivity contribution in [2.24, 2.45) is 5.92 Å². The second-order valence-electron chi connectivity index (χ2n) is 5.78. The second kappa shape index (κ2) is 6.64. The van der Waals surface area contributed by atoms with E-state index < -0.39 is 10.0 Å². The van der Waals surface area contributed by atoms with Crippen LogP contribution >= 0.6 is 15.9 Å². The van der Waals surface area contributed by atoms with E-state index in [4.69, 9.17) is 5.73 Å². The molecule has 1 fully saturated rings. The molecule has 1 aliphatic heterocycles. The van der Waals surface area contributed by atoms with Gasteiger partial charge in [0.15, 0.2) is 0 Å². The van der Waals surface area contributed by atoms with Crippen LogP contribution in [0.25, 0.3) is 0 Å². The molecule has 0 aromatic heterocycles. The number of piperazine rings is 1. The summed E-state index contributed by atoms with van der Waals surface area (Å²) >= 11 is 3.30. The topological polar surface area (TPSA) is 66.6 Å². The van der Waals surface area contributed by atoms with Gasteiger partial charge in [0.1, 0.15) is 4.90 Å². The maximum absolute atomic E-state index is 12.7. The van der Waals surface area contributed by atoms with Gasteiger partial charge in [0.2, 0.25) is 10.0 Å². The fourth-order valence-electron chi connectivity index (χ4n) is 2.54. The van der Waals surface area contributed by atoms with Crippen LogP contribution in [-0.4, -0.2) is 50.3 Å². The molecule has 2 rings (SSSR count). The summed E-state index contributed by atoms with van der Waals surface area (Å²) in [4.78, 5) is 2.50. The molecule has 7 heteroatoms. The molecule has 5 nitrogen and oxygen atoms in total. The van der Waals surface area contributed by atoms with Gasteiger partial charge in [-0.25, -0.2) is 8.42 Å². The minimum atomic E-state index is -3.52. The van der Waals surface area contributed by atoms with Crippen LogP contribution < -0.4 is 5.73 Å². The average molecular weight is 376 g/mol. The Kier molecular flexibility index (Phi) is 5.29. The highest BCUT2D eigenvalue weighted by Crippen LogP contribution is 2.26. The number of sulfonamides is 1. The van der Waals surface area contributed by atoms with Crippen LogP contribution in [0.5, 0.6) is 0 Å². The first-order chi connectivity index (χ1) is 9.80. The zero-order valence-electron chi connectivity index (χ0n) is 12.4. The third-order valence-electron chi connectivity index (χ3n) is 3.55. The number of halogens is 1. The average Bonchev–Trinajstić information content (AvgIpc) is 2.41. The quantitative estimate of drug-likeness (QED) is 0.817. The van der Waals surface area contributed by atoms with Crippen molar-refractivity contribution in [3.8, 4) is 0 Å². The molecule has 118 valence electrons. The van der Waals surface area contributed by atoms with E-state index in [-0.39, 0.29) is 4.90 Å². The van der Waals surface area contributed by atoms with Crippen molar-refractivity contribution in [2.45, 2.75) is 18.7 Å². The first kappa shape index (κ1) is 16.7. The molecule has 0 radical (unpaired) electrons. The summed E-state index contributed by atoms with van der Waals surface area (Å²) in [6.07, 6.45) is 0. The summed E-state index contributed by atoms with van der Waals surface area (Å²) < 4.78 is 27.6. The van der Waals surface area contributed by atoms with Crippen LogP contribution in [0.2, 0.25) is 0 Å². The number of nitrogen functional groups attached to an aromatic ring is 1. The Morgan fingerprint density at radius 3 is 2.43 bits per heavy atom. The van der Waals surface area contributed by atoms with Crippen molar-refractivity contribution in [3.63, 3.8) is 0 Å². The second-order valence-corrected chi connectivity index (χ2v) is 8.60. The number of hydrogen-bond donors (Lipinski definition) is 1. The molecule has 0 saturated carbocycles. The van der Waals surface area contributed by atoms with Gasteiger partial charge in [0, 0.05) is 37.2 Å². The van der Waals surface area contributed by atoms with Gasteiger partial charge in [-0.2, -0.15) is 4.31 Å². The van der Waals surface area contributed by atoms with E-state index in [2.05, 4.69) is 34.7 Å². The monoisotopic (exact) mass is 375 g/mol. The predicted molar refractivity (Wildman–Crippen MR) is 88.6 cm³/mol. The number of hydrogen-bond acceptors (Lipinski definition) is 4.